The van der Waals surface area contributed by atoms with Gasteiger partial charge in [-0.1, -0.05) is 25.7 Å². The first-order valence-electron chi connectivity index (χ1n) is 8.45. The van der Waals surface area contributed by atoms with Crippen LogP contribution in [-0.2, 0) is 9.53 Å². The molecule has 2 N–H and O–H groups in total. The van der Waals surface area contributed by atoms with Gasteiger partial charge in [0, 0.05) is 0 Å². The first kappa shape index (κ1) is 17.6. The van der Waals surface area contributed by atoms with Crippen LogP contribution in [0, 0.1) is 11.3 Å². The molecule has 0 aromatic carbocycles. The van der Waals surface area contributed by atoms with Crippen LogP contribution in [0.1, 0.15) is 72.1 Å². The molecule has 2 fully saturated rings. The van der Waals surface area contributed by atoms with E-state index < -0.39 is 22.8 Å². The van der Waals surface area contributed by atoms with E-state index in [1.54, 1.807) is 20.8 Å². The Balaban J connectivity index is 2.13. The lowest BCUT2D eigenvalue weighted by atomic mass is 9.88. The van der Waals surface area contributed by atoms with E-state index in [0.717, 1.165) is 25.7 Å². The van der Waals surface area contributed by atoms with Crippen molar-refractivity contribution in [1.82, 2.24) is 10.6 Å². The lowest BCUT2D eigenvalue weighted by Gasteiger charge is -2.34. The fraction of sp³-hybridized carbons (Fsp3) is 0.824. The van der Waals surface area contributed by atoms with Gasteiger partial charge in [-0.15, -0.1) is 0 Å². The summed E-state index contributed by atoms with van der Waals surface area (Å²) in [6, 6.07) is 2.17. The molecule has 2 aliphatic carbocycles. The largest absolute Gasteiger partial charge is 0.444 e. The van der Waals surface area contributed by atoms with E-state index in [4.69, 9.17) is 4.74 Å². The number of nitrogens with one attached hydrogen (secondary N) is 2. The average molecular weight is 321 g/mol. The maximum absolute atomic E-state index is 12.9. The minimum atomic E-state index is -0.967. The molecule has 128 valence electrons. The van der Waals surface area contributed by atoms with Crippen LogP contribution in [0.2, 0.25) is 0 Å². The van der Waals surface area contributed by atoms with Crippen LogP contribution < -0.4 is 10.6 Å². The number of nitriles is 1. The lowest BCUT2D eigenvalue weighted by Crippen LogP contribution is -2.61. The van der Waals surface area contributed by atoms with Crippen LogP contribution in [-0.4, -0.2) is 28.7 Å². The van der Waals surface area contributed by atoms with Crippen LogP contribution in [0.25, 0.3) is 0 Å². The fourth-order valence-corrected chi connectivity index (χ4v) is 2.97. The smallest absolute Gasteiger partial charge is 0.408 e. The number of amides is 2. The van der Waals surface area contributed by atoms with Crippen molar-refractivity contribution in [1.29, 1.82) is 5.26 Å². The van der Waals surface area contributed by atoms with Crippen molar-refractivity contribution in [3.63, 3.8) is 0 Å². The van der Waals surface area contributed by atoms with Crippen LogP contribution >= 0.6 is 0 Å². The van der Waals surface area contributed by atoms with Crippen molar-refractivity contribution >= 4 is 12.0 Å². The second-order valence-corrected chi connectivity index (χ2v) is 7.77. The van der Waals surface area contributed by atoms with Gasteiger partial charge >= 0.3 is 6.09 Å². The van der Waals surface area contributed by atoms with Crippen molar-refractivity contribution in [3.05, 3.63) is 0 Å². The van der Waals surface area contributed by atoms with E-state index in [9.17, 15) is 14.9 Å². The van der Waals surface area contributed by atoms with Crippen LogP contribution in [0.4, 0.5) is 4.79 Å². The van der Waals surface area contributed by atoms with Gasteiger partial charge in [-0.3, -0.25) is 4.79 Å². The van der Waals surface area contributed by atoms with E-state index in [1.807, 2.05) is 0 Å². The zero-order valence-corrected chi connectivity index (χ0v) is 14.3. The quantitative estimate of drug-likeness (QED) is 0.782. The molecular formula is C17H27N3O3. The number of carbonyl (C=O) groups is 2. The third-order valence-corrected chi connectivity index (χ3v) is 4.45. The van der Waals surface area contributed by atoms with Crippen LogP contribution in [0.15, 0.2) is 0 Å². The molecule has 0 unspecified atom stereocenters. The molecular weight excluding hydrogens is 294 g/mol. The Hall–Kier alpha value is -1.77. The van der Waals surface area contributed by atoms with E-state index in [0.29, 0.717) is 25.7 Å². The van der Waals surface area contributed by atoms with Gasteiger partial charge in [-0.2, -0.15) is 5.26 Å². The van der Waals surface area contributed by atoms with Crippen molar-refractivity contribution in [2.45, 2.75) is 88.8 Å². The second-order valence-electron chi connectivity index (χ2n) is 7.77. The molecule has 2 aliphatic rings. The standard InChI is InChI=1S/C17H27N3O3/c1-15(2,3)23-14(22)20-17(8-6-4-5-7-9-17)13(21)19-16(12-18)10-11-16/h4-11H2,1-3H3,(H,19,21)(H,20,22). The highest BCUT2D eigenvalue weighted by atomic mass is 16.6. The molecule has 2 rings (SSSR count). The summed E-state index contributed by atoms with van der Waals surface area (Å²) in [6.45, 7) is 5.38. The maximum atomic E-state index is 12.9. The molecule has 0 aliphatic heterocycles. The van der Waals surface area contributed by atoms with Gasteiger partial charge in [-0.05, 0) is 46.5 Å². The fourth-order valence-electron chi connectivity index (χ4n) is 2.97. The van der Waals surface area contributed by atoms with E-state index in [1.165, 1.54) is 0 Å². The third-order valence-electron chi connectivity index (χ3n) is 4.45. The van der Waals surface area contributed by atoms with Gasteiger partial charge in [0.05, 0.1) is 6.07 Å². The first-order valence-corrected chi connectivity index (χ1v) is 8.45. The molecule has 0 spiro atoms. The number of hydrogen-bond donors (Lipinski definition) is 2. The summed E-state index contributed by atoms with van der Waals surface area (Å²) in [4.78, 5) is 25.1. The van der Waals surface area contributed by atoms with Gasteiger partial charge in [0.15, 0.2) is 0 Å². The summed E-state index contributed by atoms with van der Waals surface area (Å²) in [5.74, 6) is -0.246. The summed E-state index contributed by atoms with van der Waals surface area (Å²) in [5, 5.41) is 14.9. The van der Waals surface area contributed by atoms with Gasteiger partial charge < -0.3 is 15.4 Å². The van der Waals surface area contributed by atoms with Crippen LogP contribution in [0.3, 0.4) is 0 Å². The van der Waals surface area contributed by atoms with Gasteiger partial charge in [-0.25, -0.2) is 4.79 Å². The van der Waals surface area contributed by atoms with Crippen molar-refractivity contribution < 1.29 is 14.3 Å². The molecule has 2 amide bonds. The third kappa shape index (κ3) is 4.60. The zero-order chi connectivity index (χ0) is 17.1. The van der Waals surface area contributed by atoms with E-state index >= 15 is 0 Å². The highest BCUT2D eigenvalue weighted by Gasteiger charge is 2.50. The predicted octanol–water partition coefficient (Wildman–Crippen LogP) is 2.78. The number of ether oxygens (including phenoxy) is 1. The monoisotopic (exact) mass is 321 g/mol. The van der Waals surface area contributed by atoms with E-state index in [2.05, 4.69) is 16.7 Å². The Bertz CT molecular complexity index is 504. The van der Waals surface area contributed by atoms with Gasteiger partial charge in [0.1, 0.15) is 16.7 Å². The topological polar surface area (TPSA) is 91.2 Å². The minimum absolute atomic E-state index is 0.246. The normalized spacial score (nSPS) is 22.2. The molecule has 2 saturated carbocycles. The number of nitrogens with zero attached hydrogens (tertiary/aromatic N) is 1. The highest BCUT2D eigenvalue weighted by molar-refractivity contribution is 5.91. The molecule has 0 bridgehead atoms. The maximum Gasteiger partial charge on any atom is 0.408 e. The first-order chi connectivity index (χ1) is 10.7. The Kier molecular flexibility index (Phi) is 4.88. The molecule has 0 heterocycles. The van der Waals surface area contributed by atoms with Gasteiger partial charge in [0.25, 0.3) is 0 Å². The lowest BCUT2D eigenvalue weighted by molar-refractivity contribution is -0.129. The Labute approximate surface area is 137 Å². The van der Waals surface area contributed by atoms with Crippen molar-refractivity contribution in [2.75, 3.05) is 0 Å². The summed E-state index contributed by atoms with van der Waals surface area (Å²) in [7, 11) is 0. The Morgan fingerprint density at radius 3 is 2.00 bits per heavy atom. The summed E-state index contributed by atoms with van der Waals surface area (Å²) >= 11 is 0. The Morgan fingerprint density at radius 1 is 1.00 bits per heavy atom. The number of hydrogen-bond acceptors (Lipinski definition) is 4. The number of rotatable bonds is 3. The molecule has 0 saturated heterocycles. The second kappa shape index (κ2) is 6.38. The van der Waals surface area contributed by atoms with E-state index in [-0.39, 0.29) is 5.91 Å². The number of carbonyl (C=O) groups excluding carboxylic acids is 2. The molecule has 6 nitrogen and oxygen atoms in total. The minimum Gasteiger partial charge on any atom is -0.444 e. The molecule has 23 heavy (non-hydrogen) atoms. The average Bonchev–Trinajstić information content (AvgIpc) is 3.21. The predicted molar refractivity (Wildman–Crippen MR) is 85.5 cm³/mol. The van der Waals surface area contributed by atoms with Crippen molar-refractivity contribution in [3.8, 4) is 6.07 Å². The summed E-state index contributed by atoms with van der Waals surface area (Å²) in [5.41, 5.74) is -2.31. The highest BCUT2D eigenvalue weighted by Crippen LogP contribution is 2.36. The number of alkyl carbamates (subject to hydrolysis) is 1. The van der Waals surface area contributed by atoms with Crippen molar-refractivity contribution in [2.24, 2.45) is 0 Å². The molecule has 0 radical (unpaired) electrons. The molecule has 0 aromatic rings. The summed E-state index contributed by atoms with van der Waals surface area (Å²) < 4.78 is 5.33. The van der Waals surface area contributed by atoms with Crippen LogP contribution in [0.5, 0.6) is 0 Å². The Morgan fingerprint density at radius 2 is 1.57 bits per heavy atom. The molecule has 0 aromatic heterocycles. The molecule has 6 heteroatoms. The van der Waals surface area contributed by atoms with Gasteiger partial charge in [0.2, 0.25) is 5.91 Å². The zero-order valence-electron chi connectivity index (χ0n) is 14.3. The molecule has 0 atom stereocenters. The SMILES string of the molecule is CC(C)(C)OC(=O)NC1(C(=O)NC2(C#N)CC2)CCCCCC1. The summed E-state index contributed by atoms with van der Waals surface area (Å²) in [6.07, 6.45) is 5.81.